The van der Waals surface area contributed by atoms with E-state index in [0.29, 0.717) is 16.3 Å². The molecular formula is C11H11ClO. The molecule has 1 aromatic rings. The van der Waals surface area contributed by atoms with E-state index in [0.717, 1.165) is 0 Å². The Hall–Kier alpha value is -1.13. The molecule has 1 rings (SSSR count). The van der Waals surface area contributed by atoms with Gasteiger partial charge in [-0.15, -0.1) is 6.42 Å². The van der Waals surface area contributed by atoms with Crippen molar-refractivity contribution in [2.45, 2.75) is 20.0 Å². The zero-order valence-corrected chi connectivity index (χ0v) is 8.43. The Kier molecular flexibility index (Phi) is 3.22. The van der Waals surface area contributed by atoms with Gasteiger partial charge in [0.15, 0.2) is 0 Å². The van der Waals surface area contributed by atoms with E-state index < -0.39 is 0 Å². The Morgan fingerprint density at radius 2 is 2.15 bits per heavy atom. The second-order valence-corrected chi connectivity index (χ2v) is 3.33. The lowest BCUT2D eigenvalue weighted by molar-refractivity contribution is 0.242. The van der Waals surface area contributed by atoms with E-state index in [1.807, 2.05) is 26.0 Å². The van der Waals surface area contributed by atoms with E-state index in [-0.39, 0.29) is 6.10 Å². The van der Waals surface area contributed by atoms with Crippen LogP contribution in [0.15, 0.2) is 18.2 Å². The molecule has 0 aromatic heterocycles. The average Bonchev–Trinajstić information content (AvgIpc) is 2.03. The van der Waals surface area contributed by atoms with Gasteiger partial charge in [-0.3, -0.25) is 0 Å². The van der Waals surface area contributed by atoms with Crippen LogP contribution in [0.25, 0.3) is 0 Å². The smallest absolute Gasteiger partial charge is 0.136 e. The van der Waals surface area contributed by atoms with Crippen LogP contribution in [-0.2, 0) is 0 Å². The lowest BCUT2D eigenvalue weighted by Crippen LogP contribution is -2.06. The van der Waals surface area contributed by atoms with E-state index in [4.69, 9.17) is 22.8 Å². The molecule has 0 spiro atoms. The van der Waals surface area contributed by atoms with Crippen molar-refractivity contribution in [3.63, 3.8) is 0 Å². The highest BCUT2D eigenvalue weighted by Gasteiger charge is 2.06. The van der Waals surface area contributed by atoms with E-state index in [2.05, 4.69) is 5.92 Å². The summed E-state index contributed by atoms with van der Waals surface area (Å²) in [6, 6.07) is 5.39. The summed E-state index contributed by atoms with van der Waals surface area (Å²) in [6.07, 6.45) is 5.42. The average molecular weight is 195 g/mol. The lowest BCUT2D eigenvalue weighted by Gasteiger charge is -2.11. The van der Waals surface area contributed by atoms with E-state index in [1.54, 1.807) is 6.07 Å². The van der Waals surface area contributed by atoms with Crippen LogP contribution >= 0.6 is 11.6 Å². The maximum atomic E-state index is 5.89. The van der Waals surface area contributed by atoms with E-state index in [1.165, 1.54) is 0 Å². The molecule has 0 aliphatic heterocycles. The standard InChI is InChI=1S/C11H11ClO/c1-4-9-10(12)6-5-7-11(9)13-8(2)3/h1,5-8H,2-3H3. The van der Waals surface area contributed by atoms with Crippen LogP contribution in [0.4, 0.5) is 0 Å². The summed E-state index contributed by atoms with van der Waals surface area (Å²) < 4.78 is 5.49. The Labute approximate surface area is 83.7 Å². The highest BCUT2D eigenvalue weighted by Crippen LogP contribution is 2.25. The molecule has 1 aromatic carbocycles. The van der Waals surface area contributed by atoms with Crippen molar-refractivity contribution in [3.8, 4) is 18.1 Å². The van der Waals surface area contributed by atoms with E-state index >= 15 is 0 Å². The van der Waals surface area contributed by atoms with Crippen molar-refractivity contribution in [2.24, 2.45) is 0 Å². The molecule has 0 heterocycles. The van der Waals surface area contributed by atoms with Gasteiger partial charge < -0.3 is 4.74 Å². The van der Waals surface area contributed by atoms with E-state index in [9.17, 15) is 0 Å². The first-order valence-electron chi connectivity index (χ1n) is 4.07. The molecule has 0 aliphatic rings. The topological polar surface area (TPSA) is 9.23 Å². The van der Waals surface area contributed by atoms with Crippen molar-refractivity contribution in [3.05, 3.63) is 28.8 Å². The molecule has 0 amide bonds. The van der Waals surface area contributed by atoms with Gasteiger partial charge in [-0.05, 0) is 26.0 Å². The second-order valence-electron chi connectivity index (χ2n) is 2.92. The summed E-state index contributed by atoms with van der Waals surface area (Å²) in [4.78, 5) is 0. The first-order valence-corrected chi connectivity index (χ1v) is 4.44. The van der Waals surface area contributed by atoms with Crippen molar-refractivity contribution >= 4 is 11.6 Å². The minimum absolute atomic E-state index is 0.102. The summed E-state index contributed by atoms with van der Waals surface area (Å²) in [5.74, 6) is 3.18. The Morgan fingerprint density at radius 1 is 1.46 bits per heavy atom. The molecule has 68 valence electrons. The van der Waals surface area contributed by atoms with Crippen LogP contribution in [0, 0.1) is 12.3 Å². The molecular weight excluding hydrogens is 184 g/mol. The van der Waals surface area contributed by atoms with Crippen LogP contribution in [-0.4, -0.2) is 6.10 Å². The first kappa shape index (κ1) is 9.95. The normalized spacial score (nSPS) is 9.77. The van der Waals surface area contributed by atoms with Gasteiger partial charge in [-0.25, -0.2) is 0 Å². The summed E-state index contributed by atoms with van der Waals surface area (Å²) in [7, 11) is 0. The van der Waals surface area contributed by atoms with Crippen molar-refractivity contribution in [2.75, 3.05) is 0 Å². The maximum Gasteiger partial charge on any atom is 0.136 e. The van der Waals surface area contributed by atoms with Crippen LogP contribution < -0.4 is 4.74 Å². The summed E-state index contributed by atoms with van der Waals surface area (Å²) in [6.45, 7) is 3.89. The molecule has 0 aliphatic carbocycles. The number of hydrogen-bond donors (Lipinski definition) is 0. The molecule has 0 saturated heterocycles. The minimum Gasteiger partial charge on any atom is -0.490 e. The number of rotatable bonds is 2. The first-order chi connectivity index (χ1) is 6.15. The monoisotopic (exact) mass is 194 g/mol. The number of ether oxygens (including phenoxy) is 1. The Balaban J connectivity index is 3.07. The quantitative estimate of drug-likeness (QED) is 0.658. The van der Waals surface area contributed by atoms with Crippen LogP contribution in [0.2, 0.25) is 5.02 Å². The number of benzene rings is 1. The van der Waals surface area contributed by atoms with Gasteiger partial charge in [0.25, 0.3) is 0 Å². The molecule has 13 heavy (non-hydrogen) atoms. The predicted octanol–water partition coefficient (Wildman–Crippen LogP) is 3.11. The van der Waals surface area contributed by atoms with Gasteiger partial charge in [0.2, 0.25) is 0 Å². The van der Waals surface area contributed by atoms with Gasteiger partial charge in [0.1, 0.15) is 5.75 Å². The predicted molar refractivity (Wildman–Crippen MR) is 55.2 cm³/mol. The van der Waals surface area contributed by atoms with Crippen molar-refractivity contribution in [1.82, 2.24) is 0 Å². The number of terminal acetylenes is 1. The largest absolute Gasteiger partial charge is 0.490 e. The molecule has 0 unspecified atom stereocenters. The van der Waals surface area contributed by atoms with Crippen LogP contribution in [0.3, 0.4) is 0 Å². The van der Waals surface area contributed by atoms with Gasteiger partial charge in [-0.2, -0.15) is 0 Å². The molecule has 0 radical (unpaired) electrons. The van der Waals surface area contributed by atoms with Crippen molar-refractivity contribution < 1.29 is 4.74 Å². The molecule has 0 bridgehead atoms. The third kappa shape index (κ3) is 2.40. The SMILES string of the molecule is C#Cc1c(Cl)cccc1OC(C)C. The van der Waals surface area contributed by atoms with Crippen molar-refractivity contribution in [1.29, 1.82) is 0 Å². The fraction of sp³-hybridized carbons (Fsp3) is 0.273. The van der Waals surface area contributed by atoms with Crippen LogP contribution in [0.5, 0.6) is 5.75 Å². The fourth-order valence-corrected chi connectivity index (χ4v) is 1.22. The highest BCUT2D eigenvalue weighted by atomic mass is 35.5. The van der Waals surface area contributed by atoms with Gasteiger partial charge >= 0.3 is 0 Å². The summed E-state index contributed by atoms with van der Waals surface area (Å²) in [5.41, 5.74) is 0.623. The van der Waals surface area contributed by atoms with Gasteiger partial charge in [-0.1, -0.05) is 23.6 Å². The number of hydrogen-bond acceptors (Lipinski definition) is 1. The molecule has 2 heteroatoms. The minimum atomic E-state index is 0.102. The van der Waals surface area contributed by atoms with Gasteiger partial charge in [0.05, 0.1) is 16.7 Å². The fourth-order valence-electron chi connectivity index (χ4n) is 0.997. The molecule has 0 N–H and O–H groups in total. The van der Waals surface area contributed by atoms with Gasteiger partial charge in [0, 0.05) is 0 Å². The highest BCUT2D eigenvalue weighted by molar-refractivity contribution is 6.32. The Bertz CT molecular complexity index is 336. The third-order valence-electron chi connectivity index (χ3n) is 1.48. The molecule has 0 atom stereocenters. The molecule has 0 saturated carbocycles. The Morgan fingerprint density at radius 3 is 2.69 bits per heavy atom. The lowest BCUT2D eigenvalue weighted by atomic mass is 10.2. The zero-order valence-electron chi connectivity index (χ0n) is 7.67. The molecule has 1 nitrogen and oxygen atoms in total. The zero-order chi connectivity index (χ0) is 9.84. The maximum absolute atomic E-state index is 5.89. The summed E-state index contributed by atoms with van der Waals surface area (Å²) in [5, 5.41) is 0.556. The van der Waals surface area contributed by atoms with Crippen LogP contribution in [0.1, 0.15) is 19.4 Å². The number of halogens is 1. The molecule has 0 fully saturated rings. The second kappa shape index (κ2) is 4.20. The summed E-state index contributed by atoms with van der Waals surface area (Å²) >= 11 is 5.89. The third-order valence-corrected chi connectivity index (χ3v) is 1.80.